The van der Waals surface area contributed by atoms with Crippen LogP contribution in [0.25, 0.3) is 11.5 Å². The number of benzene rings is 2. The van der Waals surface area contributed by atoms with Crippen molar-refractivity contribution >= 4 is 5.78 Å². The molecule has 6 nitrogen and oxygen atoms in total. The minimum Gasteiger partial charge on any atom is -0.497 e. The van der Waals surface area contributed by atoms with Gasteiger partial charge in [0.1, 0.15) is 11.5 Å². The molecule has 128 valence electrons. The monoisotopic (exact) mass is 338 g/mol. The van der Waals surface area contributed by atoms with Crippen LogP contribution in [0.4, 0.5) is 0 Å². The van der Waals surface area contributed by atoms with Gasteiger partial charge in [0, 0.05) is 17.5 Å². The number of methoxy groups -OCH3 is 1. The molecule has 2 aromatic carbocycles. The fourth-order valence-corrected chi connectivity index (χ4v) is 2.25. The van der Waals surface area contributed by atoms with Crippen LogP contribution in [0.2, 0.25) is 0 Å². The summed E-state index contributed by atoms with van der Waals surface area (Å²) in [5.74, 6) is 2.30. The van der Waals surface area contributed by atoms with Crippen molar-refractivity contribution in [1.82, 2.24) is 10.2 Å². The number of carbonyl (C=O) groups is 1. The molecule has 6 heteroatoms. The predicted molar refractivity (Wildman–Crippen MR) is 91.7 cm³/mol. The van der Waals surface area contributed by atoms with E-state index in [1.54, 1.807) is 31.4 Å². The number of nitrogens with zero attached hydrogens (tertiary/aromatic N) is 2. The quantitative estimate of drug-likeness (QED) is 0.608. The van der Waals surface area contributed by atoms with E-state index in [2.05, 4.69) is 10.2 Å². The van der Waals surface area contributed by atoms with Gasteiger partial charge in [0.15, 0.2) is 12.4 Å². The first-order valence-electron chi connectivity index (χ1n) is 7.92. The Bertz CT molecular complexity index is 839. The van der Waals surface area contributed by atoms with Crippen LogP contribution in [-0.4, -0.2) is 23.1 Å². The first-order valence-corrected chi connectivity index (χ1v) is 7.92. The van der Waals surface area contributed by atoms with Gasteiger partial charge in [-0.25, -0.2) is 0 Å². The molecule has 0 amide bonds. The molecule has 1 heterocycles. The lowest BCUT2D eigenvalue weighted by molar-refractivity contribution is 0.0988. The highest BCUT2D eigenvalue weighted by molar-refractivity contribution is 5.95. The van der Waals surface area contributed by atoms with E-state index in [0.29, 0.717) is 29.5 Å². The molecule has 25 heavy (non-hydrogen) atoms. The summed E-state index contributed by atoms with van der Waals surface area (Å²) in [5.41, 5.74) is 1.48. The van der Waals surface area contributed by atoms with Crippen LogP contribution < -0.4 is 9.47 Å². The number of hydrogen-bond donors (Lipinski definition) is 0. The maximum absolute atomic E-state index is 11.6. The first-order chi connectivity index (χ1) is 12.2. The van der Waals surface area contributed by atoms with Gasteiger partial charge in [-0.3, -0.25) is 4.79 Å². The first kappa shape index (κ1) is 16.7. The Labute approximate surface area is 145 Å². The second kappa shape index (κ2) is 7.61. The fraction of sp³-hybridized carbons (Fsp3) is 0.211. The maximum atomic E-state index is 11.6. The third-order valence-electron chi connectivity index (χ3n) is 3.66. The van der Waals surface area contributed by atoms with Gasteiger partial charge in [0.2, 0.25) is 5.89 Å². The molecule has 0 bridgehead atoms. The minimum absolute atomic E-state index is 0.104. The summed E-state index contributed by atoms with van der Waals surface area (Å²) in [7, 11) is 1.61. The van der Waals surface area contributed by atoms with E-state index < -0.39 is 0 Å². The predicted octanol–water partition coefficient (Wildman–Crippen LogP) is 3.92. The standard InChI is InChI=1S/C19H18N2O4/c1-3-17(22)13-4-10-16(11-5-13)24-12-18-20-21-19(25-18)14-6-8-15(23-2)9-7-14/h4-11H,3,12H2,1-2H3. The SMILES string of the molecule is CCC(=O)c1ccc(OCc2nnc(-c3ccc(OC)cc3)o2)cc1. The lowest BCUT2D eigenvalue weighted by atomic mass is 10.1. The van der Waals surface area contributed by atoms with Gasteiger partial charge in [0.25, 0.3) is 5.89 Å². The van der Waals surface area contributed by atoms with Gasteiger partial charge < -0.3 is 13.9 Å². The molecule has 0 unspecified atom stereocenters. The number of aromatic nitrogens is 2. The number of rotatable bonds is 7. The Hall–Kier alpha value is -3.15. The maximum Gasteiger partial charge on any atom is 0.254 e. The number of Topliss-reactive ketones (excluding diaryl/α,β-unsaturated/α-hetero) is 1. The van der Waals surface area contributed by atoms with Crippen molar-refractivity contribution in [1.29, 1.82) is 0 Å². The lowest BCUT2D eigenvalue weighted by Gasteiger charge is -2.04. The molecule has 0 radical (unpaired) electrons. The number of hydrogen-bond acceptors (Lipinski definition) is 6. The van der Waals surface area contributed by atoms with E-state index in [4.69, 9.17) is 13.9 Å². The number of ketones is 1. The zero-order valence-corrected chi connectivity index (χ0v) is 14.1. The van der Waals surface area contributed by atoms with Crippen LogP contribution in [0.3, 0.4) is 0 Å². The normalized spacial score (nSPS) is 10.5. The number of ether oxygens (including phenoxy) is 2. The smallest absolute Gasteiger partial charge is 0.254 e. The van der Waals surface area contributed by atoms with E-state index in [0.717, 1.165) is 11.3 Å². The lowest BCUT2D eigenvalue weighted by Crippen LogP contribution is -1.98. The highest BCUT2D eigenvalue weighted by Gasteiger charge is 2.10. The van der Waals surface area contributed by atoms with Crippen molar-refractivity contribution in [2.75, 3.05) is 7.11 Å². The molecule has 0 fully saturated rings. The van der Waals surface area contributed by atoms with Crippen molar-refractivity contribution in [3.8, 4) is 23.0 Å². The summed E-state index contributed by atoms with van der Waals surface area (Å²) in [4.78, 5) is 11.6. The minimum atomic E-state index is 0.104. The zero-order chi connectivity index (χ0) is 17.6. The molecular formula is C19H18N2O4. The topological polar surface area (TPSA) is 74.5 Å². The molecule has 0 spiro atoms. The van der Waals surface area contributed by atoms with Crippen LogP contribution in [0.15, 0.2) is 52.9 Å². The summed E-state index contributed by atoms with van der Waals surface area (Å²) in [6, 6.07) is 14.4. The van der Waals surface area contributed by atoms with Crippen molar-refractivity contribution in [3.05, 3.63) is 60.0 Å². The molecule has 0 aliphatic rings. The Morgan fingerprint density at radius 1 is 1.00 bits per heavy atom. The summed E-state index contributed by atoms with van der Waals surface area (Å²) in [6.45, 7) is 1.99. The average Bonchev–Trinajstić information content (AvgIpc) is 3.15. The van der Waals surface area contributed by atoms with Crippen LogP contribution in [0.1, 0.15) is 29.6 Å². The Kier molecular flexibility index (Phi) is 5.09. The van der Waals surface area contributed by atoms with Crippen LogP contribution in [-0.2, 0) is 6.61 Å². The highest BCUT2D eigenvalue weighted by Crippen LogP contribution is 2.22. The van der Waals surface area contributed by atoms with Gasteiger partial charge >= 0.3 is 0 Å². The molecule has 0 N–H and O–H groups in total. The Morgan fingerprint density at radius 3 is 2.32 bits per heavy atom. The second-order valence-electron chi connectivity index (χ2n) is 5.32. The van der Waals surface area contributed by atoms with Crippen molar-refractivity contribution in [2.45, 2.75) is 20.0 Å². The molecule has 0 aliphatic carbocycles. The average molecular weight is 338 g/mol. The van der Waals surface area contributed by atoms with E-state index in [9.17, 15) is 4.79 Å². The largest absolute Gasteiger partial charge is 0.497 e. The zero-order valence-electron chi connectivity index (χ0n) is 14.1. The van der Waals surface area contributed by atoms with Crippen LogP contribution in [0, 0.1) is 0 Å². The van der Waals surface area contributed by atoms with Gasteiger partial charge in [0.05, 0.1) is 7.11 Å². The summed E-state index contributed by atoms with van der Waals surface area (Å²) in [5, 5.41) is 8.00. The van der Waals surface area contributed by atoms with E-state index in [1.165, 1.54) is 0 Å². The summed E-state index contributed by atoms with van der Waals surface area (Å²) >= 11 is 0. The van der Waals surface area contributed by atoms with Crippen molar-refractivity contribution in [3.63, 3.8) is 0 Å². The summed E-state index contributed by atoms with van der Waals surface area (Å²) < 4.78 is 16.3. The molecule has 0 saturated carbocycles. The fourth-order valence-electron chi connectivity index (χ4n) is 2.25. The van der Waals surface area contributed by atoms with Crippen molar-refractivity contribution < 1.29 is 18.7 Å². The molecule has 0 aliphatic heterocycles. The Balaban J connectivity index is 1.62. The molecule has 3 rings (SSSR count). The third-order valence-corrected chi connectivity index (χ3v) is 3.66. The van der Waals surface area contributed by atoms with Crippen LogP contribution >= 0.6 is 0 Å². The number of carbonyl (C=O) groups excluding carboxylic acids is 1. The highest BCUT2D eigenvalue weighted by atomic mass is 16.5. The molecule has 0 saturated heterocycles. The summed E-state index contributed by atoms with van der Waals surface area (Å²) in [6.07, 6.45) is 0.482. The van der Waals surface area contributed by atoms with Gasteiger partial charge in [-0.05, 0) is 48.5 Å². The molecular weight excluding hydrogens is 320 g/mol. The van der Waals surface area contributed by atoms with Crippen molar-refractivity contribution in [2.24, 2.45) is 0 Å². The Morgan fingerprint density at radius 2 is 1.68 bits per heavy atom. The van der Waals surface area contributed by atoms with E-state index in [-0.39, 0.29) is 12.4 Å². The van der Waals surface area contributed by atoms with E-state index in [1.807, 2.05) is 31.2 Å². The second-order valence-corrected chi connectivity index (χ2v) is 5.32. The molecule has 1 aromatic heterocycles. The van der Waals surface area contributed by atoms with E-state index >= 15 is 0 Å². The molecule has 3 aromatic rings. The third kappa shape index (κ3) is 4.03. The van der Waals surface area contributed by atoms with Crippen LogP contribution in [0.5, 0.6) is 11.5 Å². The van der Waals surface area contributed by atoms with Gasteiger partial charge in [-0.15, -0.1) is 10.2 Å². The molecule has 0 atom stereocenters. The van der Waals surface area contributed by atoms with Gasteiger partial charge in [-0.1, -0.05) is 6.92 Å². The van der Waals surface area contributed by atoms with Gasteiger partial charge in [-0.2, -0.15) is 0 Å².